The SMILES string of the molecule is Cc1cnc2c([N+](=O)[O-])cccc2c1OCc1ccccc1. The van der Waals surface area contributed by atoms with Gasteiger partial charge in [-0.05, 0) is 18.6 Å². The number of ether oxygens (including phenoxy) is 1. The summed E-state index contributed by atoms with van der Waals surface area (Å²) >= 11 is 0. The van der Waals surface area contributed by atoms with Gasteiger partial charge in [0.1, 0.15) is 12.4 Å². The third-order valence-corrected chi connectivity index (χ3v) is 3.43. The Morgan fingerprint density at radius 1 is 1.14 bits per heavy atom. The Labute approximate surface area is 127 Å². The van der Waals surface area contributed by atoms with Gasteiger partial charge in [0.2, 0.25) is 0 Å². The van der Waals surface area contributed by atoms with Crippen LogP contribution in [0, 0.1) is 17.0 Å². The fraction of sp³-hybridized carbons (Fsp3) is 0.118. The molecule has 5 nitrogen and oxygen atoms in total. The van der Waals surface area contributed by atoms with E-state index < -0.39 is 4.92 Å². The molecule has 2 aromatic carbocycles. The number of nitro benzene ring substituents is 1. The lowest BCUT2D eigenvalue weighted by Crippen LogP contribution is -2.00. The van der Waals surface area contributed by atoms with Gasteiger partial charge in [-0.25, -0.2) is 4.98 Å². The molecule has 0 saturated carbocycles. The maximum Gasteiger partial charge on any atom is 0.295 e. The number of pyridine rings is 1. The molecular weight excluding hydrogens is 280 g/mol. The second-order valence-corrected chi connectivity index (χ2v) is 4.98. The molecule has 0 aliphatic carbocycles. The van der Waals surface area contributed by atoms with Crippen LogP contribution in [-0.4, -0.2) is 9.91 Å². The zero-order chi connectivity index (χ0) is 15.5. The van der Waals surface area contributed by atoms with Gasteiger partial charge in [0.25, 0.3) is 5.69 Å². The molecule has 110 valence electrons. The molecular formula is C17H14N2O3. The fourth-order valence-electron chi connectivity index (χ4n) is 2.35. The van der Waals surface area contributed by atoms with Gasteiger partial charge in [0.15, 0.2) is 5.52 Å². The highest BCUT2D eigenvalue weighted by Gasteiger charge is 2.16. The summed E-state index contributed by atoms with van der Waals surface area (Å²) in [6, 6.07) is 14.7. The quantitative estimate of drug-likeness (QED) is 0.538. The fourth-order valence-corrected chi connectivity index (χ4v) is 2.35. The van der Waals surface area contributed by atoms with E-state index in [9.17, 15) is 10.1 Å². The molecule has 3 aromatic rings. The smallest absolute Gasteiger partial charge is 0.295 e. The van der Waals surface area contributed by atoms with Crippen LogP contribution in [0.5, 0.6) is 5.75 Å². The summed E-state index contributed by atoms with van der Waals surface area (Å²) in [5.74, 6) is 0.637. The average Bonchev–Trinajstić information content (AvgIpc) is 2.54. The monoisotopic (exact) mass is 294 g/mol. The summed E-state index contributed by atoms with van der Waals surface area (Å²) in [5, 5.41) is 11.8. The number of fused-ring (bicyclic) bond motifs is 1. The van der Waals surface area contributed by atoms with Crippen molar-refractivity contribution in [3.63, 3.8) is 0 Å². The molecule has 0 spiro atoms. The van der Waals surface area contributed by atoms with Gasteiger partial charge >= 0.3 is 0 Å². The highest BCUT2D eigenvalue weighted by molar-refractivity contribution is 5.92. The van der Waals surface area contributed by atoms with Crippen LogP contribution in [-0.2, 0) is 6.61 Å². The van der Waals surface area contributed by atoms with E-state index >= 15 is 0 Å². The number of para-hydroxylation sites is 1. The molecule has 1 heterocycles. The van der Waals surface area contributed by atoms with E-state index in [0.717, 1.165) is 11.1 Å². The van der Waals surface area contributed by atoms with Gasteiger partial charge in [-0.15, -0.1) is 0 Å². The number of rotatable bonds is 4. The van der Waals surface area contributed by atoms with Crippen molar-refractivity contribution in [1.29, 1.82) is 0 Å². The van der Waals surface area contributed by atoms with Gasteiger partial charge in [-0.3, -0.25) is 10.1 Å². The summed E-state index contributed by atoms with van der Waals surface area (Å²) in [7, 11) is 0. The van der Waals surface area contributed by atoms with Crippen LogP contribution in [0.2, 0.25) is 0 Å². The summed E-state index contributed by atoms with van der Waals surface area (Å²) in [6.07, 6.45) is 1.61. The Balaban J connectivity index is 2.03. The molecule has 5 heteroatoms. The minimum Gasteiger partial charge on any atom is -0.488 e. The van der Waals surface area contributed by atoms with Crippen LogP contribution < -0.4 is 4.74 Å². The standard InChI is InChI=1S/C17H14N2O3/c1-12-10-18-16-14(8-5-9-15(16)19(20)21)17(12)22-11-13-6-3-2-4-7-13/h2-10H,11H2,1H3. The third kappa shape index (κ3) is 2.61. The van der Waals surface area contributed by atoms with Crippen molar-refractivity contribution in [2.45, 2.75) is 13.5 Å². The molecule has 0 atom stereocenters. The van der Waals surface area contributed by atoms with Crippen molar-refractivity contribution in [2.75, 3.05) is 0 Å². The summed E-state index contributed by atoms with van der Waals surface area (Å²) in [5.41, 5.74) is 2.23. The zero-order valence-corrected chi connectivity index (χ0v) is 12.0. The molecule has 0 unspecified atom stereocenters. The van der Waals surface area contributed by atoms with Gasteiger partial charge in [0.05, 0.1) is 4.92 Å². The highest BCUT2D eigenvalue weighted by Crippen LogP contribution is 2.33. The number of aryl methyl sites for hydroxylation is 1. The van der Waals surface area contributed by atoms with E-state index in [0.29, 0.717) is 23.3 Å². The minimum atomic E-state index is -0.425. The Hall–Kier alpha value is -2.95. The number of hydrogen-bond acceptors (Lipinski definition) is 4. The van der Waals surface area contributed by atoms with Crippen LogP contribution >= 0.6 is 0 Å². The van der Waals surface area contributed by atoms with Crippen molar-refractivity contribution in [3.8, 4) is 5.75 Å². The van der Waals surface area contributed by atoms with Crippen molar-refractivity contribution in [1.82, 2.24) is 4.98 Å². The largest absolute Gasteiger partial charge is 0.488 e. The lowest BCUT2D eigenvalue weighted by molar-refractivity contribution is -0.383. The Kier molecular flexibility index (Phi) is 3.70. The van der Waals surface area contributed by atoms with Gasteiger partial charge in [0, 0.05) is 23.2 Å². The Morgan fingerprint density at radius 2 is 1.91 bits per heavy atom. The zero-order valence-electron chi connectivity index (χ0n) is 12.0. The molecule has 3 rings (SSSR count). The molecule has 0 N–H and O–H groups in total. The van der Waals surface area contributed by atoms with E-state index in [1.165, 1.54) is 6.07 Å². The molecule has 22 heavy (non-hydrogen) atoms. The average molecular weight is 294 g/mol. The number of benzene rings is 2. The van der Waals surface area contributed by atoms with Crippen molar-refractivity contribution >= 4 is 16.6 Å². The number of nitro groups is 1. The first-order valence-electron chi connectivity index (χ1n) is 6.86. The lowest BCUT2D eigenvalue weighted by Gasteiger charge is -2.12. The van der Waals surface area contributed by atoms with Crippen molar-refractivity contribution in [2.24, 2.45) is 0 Å². The Morgan fingerprint density at radius 3 is 2.64 bits per heavy atom. The van der Waals surface area contributed by atoms with E-state index in [4.69, 9.17) is 4.74 Å². The number of non-ortho nitro benzene ring substituents is 1. The normalized spacial score (nSPS) is 10.6. The van der Waals surface area contributed by atoms with Gasteiger partial charge in [-0.1, -0.05) is 36.4 Å². The second kappa shape index (κ2) is 5.81. The maximum absolute atomic E-state index is 11.1. The molecule has 0 radical (unpaired) electrons. The van der Waals surface area contributed by atoms with E-state index in [1.807, 2.05) is 37.3 Å². The molecule has 0 amide bonds. The lowest BCUT2D eigenvalue weighted by atomic mass is 10.1. The van der Waals surface area contributed by atoms with Crippen LogP contribution in [0.15, 0.2) is 54.7 Å². The third-order valence-electron chi connectivity index (χ3n) is 3.43. The van der Waals surface area contributed by atoms with Crippen LogP contribution in [0.1, 0.15) is 11.1 Å². The first-order chi connectivity index (χ1) is 10.7. The molecule has 0 bridgehead atoms. The minimum absolute atomic E-state index is 0.0120. The predicted octanol–water partition coefficient (Wildman–Crippen LogP) is 4.03. The number of hydrogen-bond donors (Lipinski definition) is 0. The van der Waals surface area contributed by atoms with Crippen molar-refractivity contribution < 1.29 is 9.66 Å². The first-order valence-corrected chi connectivity index (χ1v) is 6.86. The van der Waals surface area contributed by atoms with Crippen LogP contribution in [0.3, 0.4) is 0 Å². The summed E-state index contributed by atoms with van der Waals surface area (Å²) in [6.45, 7) is 2.29. The van der Waals surface area contributed by atoms with E-state index in [-0.39, 0.29) is 5.69 Å². The summed E-state index contributed by atoms with van der Waals surface area (Å²) < 4.78 is 5.91. The molecule has 1 aromatic heterocycles. The molecule has 0 fully saturated rings. The number of nitrogens with zero attached hydrogens (tertiary/aromatic N) is 2. The molecule has 0 aliphatic rings. The number of aromatic nitrogens is 1. The molecule has 0 aliphatic heterocycles. The van der Waals surface area contributed by atoms with Crippen LogP contribution in [0.25, 0.3) is 10.9 Å². The maximum atomic E-state index is 11.1. The topological polar surface area (TPSA) is 65.3 Å². The molecule has 0 saturated heterocycles. The highest BCUT2D eigenvalue weighted by atomic mass is 16.6. The van der Waals surface area contributed by atoms with Gasteiger partial charge < -0.3 is 4.74 Å². The Bertz CT molecular complexity index is 832. The van der Waals surface area contributed by atoms with Gasteiger partial charge in [-0.2, -0.15) is 0 Å². The summed E-state index contributed by atoms with van der Waals surface area (Å²) in [4.78, 5) is 14.9. The van der Waals surface area contributed by atoms with E-state index in [2.05, 4.69) is 4.98 Å². The van der Waals surface area contributed by atoms with Crippen LogP contribution in [0.4, 0.5) is 5.69 Å². The second-order valence-electron chi connectivity index (χ2n) is 4.98. The van der Waals surface area contributed by atoms with E-state index in [1.54, 1.807) is 18.3 Å². The van der Waals surface area contributed by atoms with Crippen molar-refractivity contribution in [3.05, 3.63) is 76.0 Å². The predicted molar refractivity (Wildman–Crippen MR) is 83.9 cm³/mol. The first kappa shape index (κ1) is 14.0.